The van der Waals surface area contributed by atoms with E-state index in [1.165, 1.54) is 0 Å². The van der Waals surface area contributed by atoms with Gasteiger partial charge in [-0.3, -0.25) is 13.9 Å². The highest BCUT2D eigenvalue weighted by molar-refractivity contribution is 9.10. The van der Waals surface area contributed by atoms with Crippen LogP contribution in [0.2, 0.25) is 0 Å². The third-order valence-electron chi connectivity index (χ3n) is 9.23. The molecule has 8 aromatic rings. The molecule has 1 N–H and O–H groups in total. The summed E-state index contributed by atoms with van der Waals surface area (Å²) in [6.45, 7) is 1.84. The van der Waals surface area contributed by atoms with Crippen molar-refractivity contribution < 1.29 is 9.90 Å². The number of fused-ring (bicyclic) bond motifs is 10. The molecule has 4 aromatic heterocycles. The molecule has 0 saturated carbocycles. The van der Waals surface area contributed by atoms with Crippen molar-refractivity contribution in [1.82, 2.24) is 29.1 Å². The number of rotatable bonds is 2. The van der Waals surface area contributed by atoms with E-state index in [1.54, 1.807) is 29.6 Å². The van der Waals surface area contributed by atoms with Crippen LogP contribution in [-0.2, 0) is 5.60 Å². The molecule has 0 radical (unpaired) electrons. The second kappa shape index (κ2) is 11.1. The van der Waals surface area contributed by atoms with E-state index in [-0.39, 0.29) is 5.78 Å². The number of halogens is 2. The summed E-state index contributed by atoms with van der Waals surface area (Å²) >= 11 is 7.09. The lowest BCUT2D eigenvalue weighted by Crippen LogP contribution is -2.22. The molecule has 2 aliphatic carbocycles. The molecule has 10 rings (SSSR count). The summed E-state index contributed by atoms with van der Waals surface area (Å²) in [4.78, 5) is 30.9. The molecule has 236 valence electrons. The largest absolute Gasteiger partial charge is 0.380 e. The smallest absolute Gasteiger partial charge is 0.198 e. The highest BCUT2D eigenvalue weighted by Gasteiger charge is 2.42. The molecular formula is C39H24Br2N6O2. The highest BCUT2D eigenvalue weighted by atomic mass is 79.9. The fourth-order valence-corrected chi connectivity index (χ4v) is 7.84. The quantitative estimate of drug-likeness (QED) is 0.189. The summed E-state index contributed by atoms with van der Waals surface area (Å²) in [5.74, 6) is 1.35. The first-order chi connectivity index (χ1) is 23.8. The van der Waals surface area contributed by atoms with Gasteiger partial charge in [-0.15, -0.1) is 0 Å². The first-order valence-electron chi connectivity index (χ1n) is 15.5. The summed E-state index contributed by atoms with van der Waals surface area (Å²) in [6.07, 6.45) is 10.5. The second-order valence-electron chi connectivity index (χ2n) is 12.1. The van der Waals surface area contributed by atoms with Gasteiger partial charge in [0.2, 0.25) is 0 Å². The lowest BCUT2D eigenvalue weighted by Gasteiger charge is -2.23. The molecule has 10 heteroatoms. The maximum atomic E-state index is 13.0. The fourth-order valence-electron chi connectivity index (χ4n) is 7.12. The number of imidazole rings is 2. The van der Waals surface area contributed by atoms with Crippen molar-refractivity contribution in [3.05, 3.63) is 154 Å². The molecule has 0 spiro atoms. The van der Waals surface area contributed by atoms with E-state index >= 15 is 0 Å². The number of hydrogen-bond acceptors (Lipinski definition) is 6. The zero-order valence-electron chi connectivity index (χ0n) is 25.8. The van der Waals surface area contributed by atoms with Crippen LogP contribution >= 0.6 is 31.9 Å². The van der Waals surface area contributed by atoms with Crippen LogP contribution in [-0.4, -0.2) is 40.0 Å². The van der Waals surface area contributed by atoms with Crippen LogP contribution < -0.4 is 0 Å². The number of benzene rings is 4. The van der Waals surface area contributed by atoms with Crippen molar-refractivity contribution in [3.8, 4) is 33.9 Å². The van der Waals surface area contributed by atoms with E-state index in [1.807, 2.05) is 96.7 Å². The van der Waals surface area contributed by atoms with Crippen LogP contribution in [0.4, 0.5) is 0 Å². The van der Waals surface area contributed by atoms with Crippen LogP contribution in [0.1, 0.15) is 34.0 Å². The Balaban J connectivity index is 0.000000133. The first kappa shape index (κ1) is 29.8. The molecule has 49 heavy (non-hydrogen) atoms. The van der Waals surface area contributed by atoms with Gasteiger partial charge in [0.15, 0.2) is 11.6 Å². The molecule has 1 unspecified atom stereocenters. The molecular weight excluding hydrogens is 744 g/mol. The minimum absolute atomic E-state index is 0.0127. The molecule has 0 bridgehead atoms. The zero-order valence-corrected chi connectivity index (χ0v) is 29.0. The minimum atomic E-state index is -1.12. The van der Waals surface area contributed by atoms with E-state index in [4.69, 9.17) is 9.97 Å². The number of carbonyl (C=O) groups excluding carboxylic acids is 1. The summed E-state index contributed by atoms with van der Waals surface area (Å²) in [5, 5.41) is 13.4. The number of hydrogen-bond donors (Lipinski definition) is 1. The van der Waals surface area contributed by atoms with Crippen LogP contribution in [0.3, 0.4) is 0 Å². The number of aliphatic hydroxyl groups is 1. The molecule has 1 atom stereocenters. The summed E-state index contributed by atoms with van der Waals surface area (Å²) < 4.78 is 5.61. The maximum absolute atomic E-state index is 13.0. The van der Waals surface area contributed by atoms with Crippen molar-refractivity contribution >= 4 is 59.4 Å². The second-order valence-corrected chi connectivity index (χ2v) is 14.0. The molecule has 4 heterocycles. The average Bonchev–Trinajstić information content (AvgIpc) is 3.93. The number of nitrogens with zero attached hydrogens (tertiary/aromatic N) is 6. The Hall–Kier alpha value is -5.29. The van der Waals surface area contributed by atoms with Gasteiger partial charge in [-0.1, -0.05) is 80.4 Å². The molecule has 0 saturated heterocycles. The van der Waals surface area contributed by atoms with Gasteiger partial charge < -0.3 is 5.11 Å². The molecule has 0 amide bonds. The Morgan fingerprint density at radius 2 is 1.20 bits per heavy atom. The lowest BCUT2D eigenvalue weighted by molar-refractivity contribution is 0.104. The van der Waals surface area contributed by atoms with Gasteiger partial charge in [0, 0.05) is 66.8 Å². The third kappa shape index (κ3) is 4.55. The Labute approximate surface area is 297 Å². The van der Waals surface area contributed by atoms with Gasteiger partial charge >= 0.3 is 0 Å². The van der Waals surface area contributed by atoms with E-state index < -0.39 is 5.60 Å². The van der Waals surface area contributed by atoms with Gasteiger partial charge in [0.1, 0.15) is 24.1 Å². The molecule has 2 aliphatic rings. The van der Waals surface area contributed by atoms with E-state index in [0.717, 1.165) is 69.7 Å². The minimum Gasteiger partial charge on any atom is -0.380 e. The molecule has 4 aromatic carbocycles. The maximum Gasteiger partial charge on any atom is 0.198 e. The predicted octanol–water partition coefficient (Wildman–Crippen LogP) is 8.81. The standard InChI is InChI=1S/C20H14BrN3O.C19H10BrN3O/c1-20(25)15-5-3-2-4-13(15)17-14-10-12(21)6-7-16(14)23-19(18(17)20)24-9-8-22-11-24;20-11-5-6-15-14(9-11)16-12-3-1-2-4-13(12)18(24)17(16)19(22-15)23-8-7-21-10-23/h2-11,25H,1H3;1-10H. The van der Waals surface area contributed by atoms with E-state index in [2.05, 4.69) is 54.0 Å². The number of carbonyl (C=O) groups is 1. The van der Waals surface area contributed by atoms with Gasteiger partial charge in [-0.05, 0) is 60.0 Å². The van der Waals surface area contributed by atoms with Gasteiger partial charge in [-0.25, -0.2) is 19.9 Å². The van der Waals surface area contributed by atoms with Gasteiger partial charge in [0.25, 0.3) is 0 Å². The van der Waals surface area contributed by atoms with E-state index in [9.17, 15) is 9.90 Å². The van der Waals surface area contributed by atoms with Crippen molar-refractivity contribution in [1.29, 1.82) is 0 Å². The Morgan fingerprint density at radius 3 is 1.84 bits per heavy atom. The number of aromatic nitrogens is 6. The molecule has 0 fully saturated rings. The summed E-state index contributed by atoms with van der Waals surface area (Å²) in [6, 6.07) is 27.7. The Bertz CT molecular complexity index is 2630. The average molecular weight is 768 g/mol. The molecule has 0 aliphatic heterocycles. The fraction of sp³-hybridized carbons (Fsp3) is 0.0513. The SMILES string of the molecule is CC1(O)c2ccccc2-c2c1c(-n1ccnc1)nc1ccc(Br)cc21.O=C1c2ccccc2-c2c1c(-n1ccnc1)nc1ccc(Br)cc21. The van der Waals surface area contributed by atoms with Gasteiger partial charge in [-0.2, -0.15) is 0 Å². The van der Waals surface area contributed by atoms with Gasteiger partial charge in [0.05, 0.1) is 16.6 Å². The van der Waals surface area contributed by atoms with E-state index in [0.29, 0.717) is 17.2 Å². The highest BCUT2D eigenvalue weighted by Crippen LogP contribution is 2.52. The summed E-state index contributed by atoms with van der Waals surface area (Å²) in [5.41, 5.74) is 7.71. The lowest BCUT2D eigenvalue weighted by atomic mass is 9.93. The normalized spacial score (nSPS) is 15.5. The zero-order chi connectivity index (χ0) is 33.4. The van der Waals surface area contributed by atoms with Crippen LogP contribution in [0.25, 0.3) is 55.7 Å². The van der Waals surface area contributed by atoms with Crippen LogP contribution in [0.15, 0.2) is 131 Å². The van der Waals surface area contributed by atoms with Crippen molar-refractivity contribution in [2.75, 3.05) is 0 Å². The first-order valence-corrected chi connectivity index (χ1v) is 17.1. The van der Waals surface area contributed by atoms with Crippen molar-refractivity contribution in [2.24, 2.45) is 0 Å². The molecule has 8 nitrogen and oxygen atoms in total. The Kier molecular flexibility index (Phi) is 6.77. The monoisotopic (exact) mass is 766 g/mol. The van der Waals surface area contributed by atoms with Crippen LogP contribution in [0, 0.1) is 0 Å². The number of ketones is 1. The summed E-state index contributed by atoms with van der Waals surface area (Å²) in [7, 11) is 0. The predicted molar refractivity (Wildman–Crippen MR) is 196 cm³/mol. The topological polar surface area (TPSA) is 98.7 Å². The van der Waals surface area contributed by atoms with Crippen molar-refractivity contribution in [2.45, 2.75) is 12.5 Å². The Morgan fingerprint density at radius 1 is 0.653 bits per heavy atom. The van der Waals surface area contributed by atoms with Crippen LogP contribution in [0.5, 0.6) is 0 Å². The van der Waals surface area contributed by atoms with Crippen molar-refractivity contribution in [3.63, 3.8) is 0 Å². The third-order valence-corrected chi connectivity index (χ3v) is 10.2. The number of pyridine rings is 2.